The second-order valence-electron chi connectivity index (χ2n) is 5.44. The predicted molar refractivity (Wildman–Crippen MR) is 78.7 cm³/mol. The Morgan fingerprint density at radius 2 is 2.17 bits per heavy atom. The summed E-state index contributed by atoms with van der Waals surface area (Å²) in [5.74, 6) is 0. The molecule has 1 aromatic rings. The van der Waals surface area contributed by atoms with Crippen LogP contribution in [0.25, 0.3) is 0 Å². The van der Waals surface area contributed by atoms with E-state index < -0.39 is 0 Å². The lowest BCUT2D eigenvalue weighted by atomic mass is 10.0. The number of hydrogen-bond donors (Lipinski definition) is 1. The maximum atomic E-state index is 5.18. The Labute approximate surface area is 118 Å². The third-order valence-electron chi connectivity index (χ3n) is 3.82. The highest BCUT2D eigenvalue weighted by molar-refractivity contribution is 9.10. The minimum Gasteiger partial charge on any atom is -0.385 e. The molecule has 0 amide bonds. The Hall–Kier alpha value is -0.380. The molecule has 1 aromatic carbocycles. The van der Waals surface area contributed by atoms with Crippen LogP contribution in [0.3, 0.4) is 0 Å². The molecule has 0 atom stereocenters. The molecule has 0 radical (unpaired) electrons. The first-order valence-electron chi connectivity index (χ1n) is 6.60. The van der Waals surface area contributed by atoms with Crippen molar-refractivity contribution in [2.45, 2.75) is 32.7 Å². The van der Waals surface area contributed by atoms with Gasteiger partial charge in [-0.15, -0.1) is 0 Å². The topological polar surface area (TPSA) is 21.3 Å². The van der Waals surface area contributed by atoms with E-state index in [-0.39, 0.29) is 0 Å². The first-order chi connectivity index (χ1) is 8.65. The van der Waals surface area contributed by atoms with E-state index in [1.807, 2.05) is 0 Å². The number of methoxy groups -OCH3 is 1. The van der Waals surface area contributed by atoms with Gasteiger partial charge in [0, 0.05) is 31.3 Å². The first kappa shape index (κ1) is 14.0. The molecular weight excluding hydrogens is 290 g/mol. The highest BCUT2D eigenvalue weighted by atomic mass is 79.9. The SMILES string of the molecule is COCCC1(CNCc2ccc(C)cc2Br)CC1. The molecule has 1 fully saturated rings. The van der Waals surface area contributed by atoms with Crippen LogP contribution in [0, 0.1) is 12.3 Å². The van der Waals surface area contributed by atoms with Gasteiger partial charge >= 0.3 is 0 Å². The Morgan fingerprint density at radius 1 is 1.39 bits per heavy atom. The molecule has 2 nitrogen and oxygen atoms in total. The molecule has 1 aliphatic carbocycles. The molecule has 0 aromatic heterocycles. The molecule has 3 heteroatoms. The van der Waals surface area contributed by atoms with E-state index in [2.05, 4.69) is 46.4 Å². The minimum atomic E-state index is 0.521. The maximum Gasteiger partial charge on any atom is 0.0468 e. The van der Waals surface area contributed by atoms with E-state index in [1.165, 1.54) is 34.9 Å². The van der Waals surface area contributed by atoms with E-state index in [4.69, 9.17) is 4.74 Å². The molecule has 0 spiro atoms. The zero-order valence-electron chi connectivity index (χ0n) is 11.3. The molecule has 1 aliphatic rings. The zero-order chi connectivity index (χ0) is 13.0. The van der Waals surface area contributed by atoms with Crippen LogP contribution >= 0.6 is 15.9 Å². The van der Waals surface area contributed by atoms with Crippen LogP contribution in [0.4, 0.5) is 0 Å². The Balaban J connectivity index is 1.78. The lowest BCUT2D eigenvalue weighted by Crippen LogP contribution is -2.24. The quantitative estimate of drug-likeness (QED) is 0.829. The van der Waals surface area contributed by atoms with Gasteiger partial charge in [-0.3, -0.25) is 0 Å². The van der Waals surface area contributed by atoms with Crippen LogP contribution in [0.1, 0.15) is 30.4 Å². The molecule has 0 unspecified atom stereocenters. The summed E-state index contributed by atoms with van der Waals surface area (Å²) in [7, 11) is 1.78. The summed E-state index contributed by atoms with van der Waals surface area (Å²) in [6.07, 6.45) is 3.88. The molecule has 0 heterocycles. The second kappa shape index (κ2) is 6.18. The van der Waals surface area contributed by atoms with Gasteiger partial charge < -0.3 is 10.1 Å². The zero-order valence-corrected chi connectivity index (χ0v) is 12.8. The number of halogens is 1. The van der Waals surface area contributed by atoms with Crippen LogP contribution < -0.4 is 5.32 Å². The van der Waals surface area contributed by atoms with E-state index in [0.717, 1.165) is 19.7 Å². The monoisotopic (exact) mass is 311 g/mol. The van der Waals surface area contributed by atoms with Crippen molar-refractivity contribution in [1.82, 2.24) is 5.32 Å². The van der Waals surface area contributed by atoms with Crippen LogP contribution in [-0.4, -0.2) is 20.3 Å². The van der Waals surface area contributed by atoms with Crippen LogP contribution in [0.2, 0.25) is 0 Å². The van der Waals surface area contributed by atoms with Gasteiger partial charge in [-0.1, -0.05) is 28.1 Å². The molecule has 0 saturated heterocycles. The summed E-state index contributed by atoms with van der Waals surface area (Å²) in [5.41, 5.74) is 3.15. The van der Waals surface area contributed by atoms with Crippen molar-refractivity contribution < 1.29 is 4.74 Å². The standard InChI is InChI=1S/C15H22BrNO/c1-12-3-4-13(14(16)9-12)10-17-11-15(5-6-15)7-8-18-2/h3-4,9,17H,5-8,10-11H2,1-2H3. The summed E-state index contributed by atoms with van der Waals surface area (Å²) in [6, 6.07) is 6.54. The third kappa shape index (κ3) is 3.81. The maximum absolute atomic E-state index is 5.18. The van der Waals surface area contributed by atoms with Gasteiger partial charge in [-0.25, -0.2) is 0 Å². The first-order valence-corrected chi connectivity index (χ1v) is 7.39. The summed E-state index contributed by atoms with van der Waals surface area (Å²) >= 11 is 3.63. The Kier molecular flexibility index (Phi) is 4.82. The number of benzene rings is 1. The third-order valence-corrected chi connectivity index (χ3v) is 4.56. The molecule has 1 saturated carbocycles. The van der Waals surface area contributed by atoms with Crippen molar-refractivity contribution in [2.75, 3.05) is 20.3 Å². The van der Waals surface area contributed by atoms with Crippen molar-refractivity contribution in [3.63, 3.8) is 0 Å². The smallest absolute Gasteiger partial charge is 0.0468 e. The van der Waals surface area contributed by atoms with Crippen LogP contribution in [0.5, 0.6) is 0 Å². The average Bonchev–Trinajstić information content (AvgIpc) is 3.10. The number of rotatable bonds is 7. The summed E-state index contributed by atoms with van der Waals surface area (Å²) < 4.78 is 6.38. The minimum absolute atomic E-state index is 0.521. The second-order valence-corrected chi connectivity index (χ2v) is 6.30. The number of nitrogens with one attached hydrogen (secondary N) is 1. The molecule has 18 heavy (non-hydrogen) atoms. The summed E-state index contributed by atoms with van der Waals surface area (Å²) in [6.45, 7) is 5.05. The highest BCUT2D eigenvalue weighted by Crippen LogP contribution is 2.48. The fourth-order valence-electron chi connectivity index (χ4n) is 2.27. The van der Waals surface area contributed by atoms with E-state index in [1.54, 1.807) is 7.11 Å². The van der Waals surface area contributed by atoms with Crippen molar-refractivity contribution in [3.8, 4) is 0 Å². The Bertz CT molecular complexity index is 401. The average molecular weight is 312 g/mol. The van der Waals surface area contributed by atoms with Gasteiger partial charge in [0.05, 0.1) is 0 Å². The van der Waals surface area contributed by atoms with Crippen molar-refractivity contribution in [2.24, 2.45) is 5.41 Å². The molecule has 100 valence electrons. The normalized spacial score (nSPS) is 16.8. The van der Waals surface area contributed by atoms with Crippen molar-refractivity contribution >= 4 is 15.9 Å². The Morgan fingerprint density at radius 3 is 2.78 bits per heavy atom. The molecule has 1 N–H and O–H groups in total. The number of hydrogen-bond acceptors (Lipinski definition) is 2. The van der Waals surface area contributed by atoms with E-state index in [0.29, 0.717) is 5.41 Å². The summed E-state index contributed by atoms with van der Waals surface area (Å²) in [4.78, 5) is 0. The fraction of sp³-hybridized carbons (Fsp3) is 0.600. The fourth-order valence-corrected chi connectivity index (χ4v) is 2.90. The largest absolute Gasteiger partial charge is 0.385 e. The van der Waals surface area contributed by atoms with E-state index >= 15 is 0 Å². The molecule has 0 bridgehead atoms. The molecular formula is C15H22BrNO. The highest BCUT2D eigenvalue weighted by Gasteiger charge is 2.41. The molecule has 2 rings (SSSR count). The summed E-state index contributed by atoms with van der Waals surface area (Å²) in [5, 5.41) is 3.59. The molecule has 0 aliphatic heterocycles. The van der Waals surface area contributed by atoms with Crippen LogP contribution in [-0.2, 0) is 11.3 Å². The van der Waals surface area contributed by atoms with Crippen LogP contribution in [0.15, 0.2) is 22.7 Å². The van der Waals surface area contributed by atoms with Crippen molar-refractivity contribution in [3.05, 3.63) is 33.8 Å². The van der Waals surface area contributed by atoms with Gasteiger partial charge in [-0.05, 0) is 48.8 Å². The van der Waals surface area contributed by atoms with E-state index in [9.17, 15) is 0 Å². The van der Waals surface area contributed by atoms with Gasteiger partial charge in [0.15, 0.2) is 0 Å². The van der Waals surface area contributed by atoms with Gasteiger partial charge in [0.2, 0.25) is 0 Å². The number of ether oxygens (including phenoxy) is 1. The van der Waals surface area contributed by atoms with Gasteiger partial charge in [0.1, 0.15) is 0 Å². The lowest BCUT2D eigenvalue weighted by molar-refractivity contribution is 0.171. The van der Waals surface area contributed by atoms with Crippen molar-refractivity contribution in [1.29, 1.82) is 0 Å². The number of aryl methyl sites for hydroxylation is 1. The van der Waals surface area contributed by atoms with Gasteiger partial charge in [-0.2, -0.15) is 0 Å². The lowest BCUT2D eigenvalue weighted by Gasteiger charge is -2.16. The predicted octanol–water partition coefficient (Wildman–Crippen LogP) is 3.66. The van der Waals surface area contributed by atoms with Gasteiger partial charge in [0.25, 0.3) is 0 Å².